The molecule has 1 unspecified atom stereocenters. The molecule has 0 aliphatic heterocycles. The molecule has 2 aromatic heterocycles. The molecule has 3 saturated carbocycles. The van der Waals surface area contributed by atoms with Gasteiger partial charge in [-0.3, -0.25) is 4.79 Å². The van der Waals surface area contributed by atoms with Crippen molar-refractivity contribution in [3.63, 3.8) is 0 Å². The number of halogens is 3. The first-order chi connectivity index (χ1) is 15.8. The van der Waals surface area contributed by atoms with E-state index in [1.165, 1.54) is 19.2 Å². The monoisotopic (exact) mass is 458 g/mol. The van der Waals surface area contributed by atoms with Gasteiger partial charge < -0.3 is 14.6 Å². The largest absolute Gasteiger partial charge is 0.490 e. The van der Waals surface area contributed by atoms with Crippen LogP contribution in [-0.4, -0.2) is 21.6 Å². The molecular formula is C24H25F3N4O2. The van der Waals surface area contributed by atoms with E-state index >= 15 is 0 Å². The molecule has 6 rings (SSSR count). The zero-order valence-corrected chi connectivity index (χ0v) is 18.6. The zero-order chi connectivity index (χ0) is 23.4. The molecule has 0 amide bonds. The lowest BCUT2D eigenvalue weighted by Gasteiger charge is -2.26. The fourth-order valence-corrected chi connectivity index (χ4v) is 5.36. The number of alkyl halides is 2. The van der Waals surface area contributed by atoms with E-state index in [0.29, 0.717) is 34.4 Å². The van der Waals surface area contributed by atoms with Gasteiger partial charge in [-0.05, 0) is 44.9 Å². The predicted molar refractivity (Wildman–Crippen MR) is 118 cm³/mol. The van der Waals surface area contributed by atoms with E-state index in [-0.39, 0.29) is 22.9 Å². The highest BCUT2D eigenvalue weighted by molar-refractivity contribution is 5.92. The van der Waals surface area contributed by atoms with Gasteiger partial charge in [0.15, 0.2) is 0 Å². The maximum atomic E-state index is 14.7. The quantitative estimate of drug-likeness (QED) is 0.541. The summed E-state index contributed by atoms with van der Waals surface area (Å²) in [6, 6.07) is 3.40. The Hall–Kier alpha value is -3.10. The Morgan fingerprint density at radius 2 is 1.91 bits per heavy atom. The third kappa shape index (κ3) is 3.54. The zero-order valence-electron chi connectivity index (χ0n) is 18.6. The number of hydrogen-bond acceptors (Lipinski definition) is 5. The summed E-state index contributed by atoms with van der Waals surface area (Å²) in [5.41, 5.74) is -0.391. The van der Waals surface area contributed by atoms with E-state index < -0.39 is 23.8 Å². The van der Waals surface area contributed by atoms with E-state index in [1.54, 1.807) is 24.6 Å². The average molecular weight is 458 g/mol. The molecule has 2 bridgehead atoms. The highest BCUT2D eigenvalue weighted by Crippen LogP contribution is 2.54. The van der Waals surface area contributed by atoms with Gasteiger partial charge in [-0.15, -0.1) is 0 Å². The number of ether oxygens (including phenoxy) is 1. The predicted octanol–water partition coefficient (Wildman–Crippen LogP) is 5.33. The van der Waals surface area contributed by atoms with E-state index in [9.17, 15) is 18.0 Å². The summed E-state index contributed by atoms with van der Waals surface area (Å²) in [5, 5.41) is 3.72. The van der Waals surface area contributed by atoms with Crippen LogP contribution in [0.25, 0.3) is 10.9 Å². The van der Waals surface area contributed by atoms with Crippen molar-refractivity contribution >= 4 is 16.7 Å². The van der Waals surface area contributed by atoms with Crippen LogP contribution in [0.15, 0.2) is 29.2 Å². The van der Waals surface area contributed by atoms with Gasteiger partial charge in [0.25, 0.3) is 12.0 Å². The van der Waals surface area contributed by atoms with Crippen molar-refractivity contribution < 1.29 is 17.9 Å². The Kier molecular flexibility index (Phi) is 5.29. The molecule has 33 heavy (non-hydrogen) atoms. The fraction of sp³-hybridized carbons (Fsp3) is 0.458. The number of rotatable bonds is 6. The number of methoxy groups -OCH3 is 1. The normalized spacial score (nSPS) is 22.5. The summed E-state index contributed by atoms with van der Waals surface area (Å²) in [4.78, 5) is 22.1. The Morgan fingerprint density at radius 3 is 2.55 bits per heavy atom. The summed E-state index contributed by atoms with van der Waals surface area (Å²) in [7, 11) is 1.44. The standard InChI is InChI=1S/C24H25F3N4O2/c1-11(15-5-4-6-16(19(15)25)22(26)27)28-23-17-10-31(18-9-13-7-14(18)8-13)24(32)21(33-3)20(17)29-12(2)30-23/h4-6,10-11,13-14,18,22H,7-9H2,1-3H3,(H,28,29,30)/t11-,13?,14?,18?/m1/s1. The Labute approximate surface area is 188 Å². The highest BCUT2D eigenvalue weighted by atomic mass is 19.3. The van der Waals surface area contributed by atoms with Gasteiger partial charge in [0.1, 0.15) is 23.0 Å². The number of nitrogens with zero attached hydrogens (tertiary/aromatic N) is 3. The number of aromatic nitrogens is 3. The Bertz CT molecular complexity index is 1290. The first kappa shape index (κ1) is 21.7. The van der Waals surface area contributed by atoms with Gasteiger partial charge in [0.2, 0.25) is 5.75 Å². The number of pyridine rings is 1. The molecule has 0 radical (unpaired) electrons. The summed E-state index contributed by atoms with van der Waals surface area (Å²) in [6.07, 6.45) is 2.06. The van der Waals surface area contributed by atoms with E-state index in [1.807, 2.05) is 0 Å². The van der Waals surface area contributed by atoms with Crippen molar-refractivity contribution in [1.29, 1.82) is 0 Å². The van der Waals surface area contributed by atoms with Gasteiger partial charge in [-0.25, -0.2) is 23.1 Å². The van der Waals surface area contributed by atoms with Crippen LogP contribution in [0.5, 0.6) is 5.75 Å². The lowest BCUT2D eigenvalue weighted by Crippen LogP contribution is -2.28. The van der Waals surface area contributed by atoms with Crippen molar-refractivity contribution in [3.8, 4) is 5.75 Å². The number of anilines is 1. The molecule has 0 spiro atoms. The van der Waals surface area contributed by atoms with Crippen LogP contribution < -0.4 is 15.6 Å². The number of aryl methyl sites for hydroxylation is 1. The van der Waals surface area contributed by atoms with Gasteiger partial charge >= 0.3 is 0 Å². The number of benzene rings is 1. The van der Waals surface area contributed by atoms with Crippen LogP contribution >= 0.6 is 0 Å². The van der Waals surface area contributed by atoms with Crippen LogP contribution in [0.2, 0.25) is 0 Å². The molecule has 2 atom stereocenters. The van der Waals surface area contributed by atoms with Crippen LogP contribution in [0.4, 0.5) is 19.0 Å². The molecule has 3 aliphatic rings. The minimum absolute atomic E-state index is 0.104. The van der Waals surface area contributed by atoms with E-state index in [2.05, 4.69) is 15.3 Å². The Balaban J connectivity index is 1.61. The van der Waals surface area contributed by atoms with Crippen LogP contribution in [0.1, 0.15) is 61.6 Å². The second-order valence-corrected chi connectivity index (χ2v) is 9.07. The van der Waals surface area contributed by atoms with Gasteiger partial charge in [-0.1, -0.05) is 18.2 Å². The van der Waals surface area contributed by atoms with E-state index in [4.69, 9.17) is 4.74 Å². The SMILES string of the molecule is COc1c(=O)n(C2CC3CC2C3)cc2c(N[C@H](C)c3cccc(C(F)F)c3F)nc(C)nc12. The summed E-state index contributed by atoms with van der Waals surface area (Å²) < 4.78 is 48.3. The lowest BCUT2D eigenvalue weighted by molar-refractivity contribution is 0.146. The summed E-state index contributed by atoms with van der Waals surface area (Å²) in [6.45, 7) is 3.36. The van der Waals surface area contributed by atoms with Gasteiger partial charge in [-0.2, -0.15) is 0 Å². The first-order valence-corrected chi connectivity index (χ1v) is 11.1. The molecule has 2 heterocycles. The second kappa shape index (κ2) is 8.04. The third-order valence-corrected chi connectivity index (χ3v) is 7.04. The maximum absolute atomic E-state index is 14.7. The molecule has 3 aliphatic carbocycles. The van der Waals surface area contributed by atoms with Crippen LogP contribution in [0, 0.1) is 24.6 Å². The summed E-state index contributed by atoms with van der Waals surface area (Å²) >= 11 is 0. The maximum Gasteiger partial charge on any atom is 0.295 e. The lowest BCUT2D eigenvalue weighted by atomic mass is 9.84. The number of nitrogens with one attached hydrogen (secondary N) is 1. The second-order valence-electron chi connectivity index (χ2n) is 9.07. The smallest absolute Gasteiger partial charge is 0.295 e. The summed E-state index contributed by atoms with van der Waals surface area (Å²) in [5.74, 6) is 1.13. The molecular weight excluding hydrogens is 433 g/mol. The van der Waals surface area contributed by atoms with Crippen molar-refractivity contribution in [3.05, 3.63) is 57.5 Å². The average Bonchev–Trinajstić information content (AvgIpc) is 3.34. The number of fused-ring (bicyclic) bond motifs is 2. The molecule has 1 aromatic carbocycles. The molecule has 1 N–H and O–H groups in total. The fourth-order valence-electron chi connectivity index (χ4n) is 5.36. The third-order valence-electron chi connectivity index (χ3n) is 7.04. The van der Waals surface area contributed by atoms with Gasteiger partial charge in [0.05, 0.1) is 24.1 Å². The molecule has 174 valence electrons. The molecule has 6 nitrogen and oxygen atoms in total. The van der Waals surface area contributed by atoms with Crippen molar-refractivity contribution in [2.45, 2.75) is 51.6 Å². The molecule has 3 fully saturated rings. The topological polar surface area (TPSA) is 69.0 Å². The van der Waals surface area contributed by atoms with Crippen molar-refractivity contribution in [2.75, 3.05) is 12.4 Å². The number of hydrogen-bond donors (Lipinski definition) is 1. The van der Waals surface area contributed by atoms with Crippen LogP contribution in [-0.2, 0) is 0 Å². The molecule has 0 saturated heterocycles. The highest BCUT2D eigenvalue weighted by Gasteiger charge is 2.45. The van der Waals surface area contributed by atoms with E-state index in [0.717, 1.165) is 25.3 Å². The molecule has 3 aromatic rings. The first-order valence-electron chi connectivity index (χ1n) is 11.1. The van der Waals surface area contributed by atoms with Crippen molar-refractivity contribution in [1.82, 2.24) is 14.5 Å². The van der Waals surface area contributed by atoms with Gasteiger partial charge in [0, 0.05) is 17.8 Å². The molecule has 9 heteroatoms. The van der Waals surface area contributed by atoms with Crippen molar-refractivity contribution in [2.24, 2.45) is 11.8 Å². The minimum Gasteiger partial charge on any atom is -0.490 e. The van der Waals surface area contributed by atoms with Crippen LogP contribution in [0.3, 0.4) is 0 Å². The minimum atomic E-state index is -2.91. The Morgan fingerprint density at radius 1 is 1.18 bits per heavy atom.